The minimum Gasteiger partial charge on any atom is -0.326 e. The van der Waals surface area contributed by atoms with Gasteiger partial charge in [0, 0.05) is 16.8 Å². The lowest BCUT2D eigenvalue weighted by molar-refractivity contribution is -0.137. The molecule has 0 radical (unpaired) electrons. The first-order valence-corrected chi connectivity index (χ1v) is 7.75. The van der Waals surface area contributed by atoms with Crippen LogP contribution in [0, 0.1) is 0 Å². The Morgan fingerprint density at radius 2 is 1.75 bits per heavy atom. The molecule has 1 aromatic heterocycles. The number of alkyl halides is 3. The van der Waals surface area contributed by atoms with Gasteiger partial charge in [0.1, 0.15) is 0 Å². The van der Waals surface area contributed by atoms with Crippen LogP contribution in [-0.4, -0.2) is 9.55 Å². The van der Waals surface area contributed by atoms with Crippen molar-refractivity contribution in [3.05, 3.63) is 53.1 Å². The molecule has 0 saturated heterocycles. The maximum Gasteiger partial charge on any atom is 0.416 e. The number of hydrogen-bond acceptors (Lipinski definition) is 2. The second-order valence-corrected chi connectivity index (χ2v) is 6.17. The number of anilines is 2. The minimum absolute atomic E-state index is 0.0292. The van der Waals surface area contributed by atoms with Gasteiger partial charge in [-0.05, 0) is 56.3 Å². The average molecular weight is 354 g/mol. The lowest BCUT2D eigenvalue weighted by atomic mass is 10.2. The molecule has 0 aliphatic carbocycles. The fourth-order valence-corrected chi connectivity index (χ4v) is 2.67. The zero-order valence-electron chi connectivity index (χ0n) is 13.0. The molecule has 1 N–H and O–H groups in total. The molecule has 0 unspecified atom stereocenters. The molecule has 0 spiro atoms. The number of benzene rings is 2. The third-order valence-corrected chi connectivity index (χ3v) is 3.89. The lowest BCUT2D eigenvalue weighted by Crippen LogP contribution is -2.06. The van der Waals surface area contributed by atoms with Gasteiger partial charge >= 0.3 is 6.18 Å². The van der Waals surface area contributed by atoms with Crippen molar-refractivity contribution in [3.8, 4) is 0 Å². The van der Waals surface area contributed by atoms with E-state index in [-0.39, 0.29) is 6.04 Å². The van der Waals surface area contributed by atoms with Crippen molar-refractivity contribution in [2.75, 3.05) is 5.32 Å². The summed E-state index contributed by atoms with van der Waals surface area (Å²) in [4.78, 5) is 4.34. The van der Waals surface area contributed by atoms with Crippen molar-refractivity contribution in [1.82, 2.24) is 9.55 Å². The average Bonchev–Trinajstić information content (AvgIpc) is 2.85. The molecule has 0 aliphatic heterocycles. The van der Waals surface area contributed by atoms with Crippen molar-refractivity contribution in [1.29, 1.82) is 0 Å². The summed E-state index contributed by atoms with van der Waals surface area (Å²) >= 11 is 5.87. The first kappa shape index (κ1) is 16.6. The number of hydrogen-bond donors (Lipinski definition) is 1. The number of imidazole rings is 1. The summed E-state index contributed by atoms with van der Waals surface area (Å²) in [6.07, 6.45) is -4.39. The molecule has 3 nitrogen and oxygen atoms in total. The summed E-state index contributed by atoms with van der Waals surface area (Å²) in [6, 6.07) is 10.7. The van der Waals surface area contributed by atoms with E-state index in [4.69, 9.17) is 11.6 Å². The summed E-state index contributed by atoms with van der Waals surface area (Å²) in [6.45, 7) is 3.90. The normalized spacial score (nSPS) is 12.1. The molecule has 24 heavy (non-hydrogen) atoms. The standard InChI is InChI=1S/C17H15ClF3N3/c1-10(2)24-15-8-3-11(17(19,20)21)9-14(15)23-16(24)22-13-6-4-12(18)5-7-13/h3-10H,1-2H3,(H,22,23). The molecule has 126 valence electrons. The van der Waals surface area contributed by atoms with Crippen LogP contribution < -0.4 is 5.32 Å². The monoisotopic (exact) mass is 353 g/mol. The predicted molar refractivity (Wildman–Crippen MR) is 89.9 cm³/mol. The maximum absolute atomic E-state index is 12.9. The molecule has 0 atom stereocenters. The van der Waals surface area contributed by atoms with E-state index in [2.05, 4.69) is 10.3 Å². The Morgan fingerprint density at radius 1 is 1.08 bits per heavy atom. The summed E-state index contributed by atoms with van der Waals surface area (Å²) in [5.41, 5.74) is 0.999. The first-order chi connectivity index (χ1) is 11.3. The summed E-state index contributed by atoms with van der Waals surface area (Å²) < 4.78 is 40.6. The van der Waals surface area contributed by atoms with Gasteiger partial charge in [0.05, 0.1) is 16.6 Å². The zero-order chi connectivity index (χ0) is 17.5. The van der Waals surface area contributed by atoms with Crippen LogP contribution in [0.5, 0.6) is 0 Å². The number of rotatable bonds is 3. The van der Waals surface area contributed by atoms with Crippen LogP contribution in [-0.2, 0) is 6.18 Å². The minimum atomic E-state index is -4.39. The molecule has 2 aromatic carbocycles. The van der Waals surface area contributed by atoms with Crippen LogP contribution in [0.4, 0.5) is 24.8 Å². The second kappa shape index (κ2) is 6.02. The molecule has 0 fully saturated rings. The molecule has 3 rings (SSSR count). The van der Waals surface area contributed by atoms with Gasteiger partial charge in [-0.15, -0.1) is 0 Å². The van der Waals surface area contributed by atoms with Crippen LogP contribution in [0.3, 0.4) is 0 Å². The van der Waals surface area contributed by atoms with Crippen molar-refractivity contribution < 1.29 is 13.2 Å². The molecular weight excluding hydrogens is 339 g/mol. The van der Waals surface area contributed by atoms with Gasteiger partial charge in [0.15, 0.2) is 0 Å². The van der Waals surface area contributed by atoms with Crippen LogP contribution in [0.2, 0.25) is 5.02 Å². The third-order valence-electron chi connectivity index (χ3n) is 3.63. The Bertz CT molecular complexity index is 867. The lowest BCUT2D eigenvalue weighted by Gasteiger charge is -2.14. The SMILES string of the molecule is CC(C)n1c(Nc2ccc(Cl)cc2)nc2cc(C(F)(F)F)ccc21. The van der Waals surface area contributed by atoms with Gasteiger partial charge in [-0.1, -0.05) is 11.6 Å². The highest BCUT2D eigenvalue weighted by Gasteiger charge is 2.31. The molecule has 1 heterocycles. The van der Waals surface area contributed by atoms with E-state index >= 15 is 0 Å². The van der Waals surface area contributed by atoms with Crippen molar-refractivity contribution in [2.24, 2.45) is 0 Å². The van der Waals surface area contributed by atoms with Crippen LogP contribution in [0.25, 0.3) is 11.0 Å². The zero-order valence-corrected chi connectivity index (χ0v) is 13.8. The second-order valence-electron chi connectivity index (χ2n) is 5.73. The van der Waals surface area contributed by atoms with Gasteiger partial charge < -0.3 is 9.88 Å². The summed E-state index contributed by atoms with van der Waals surface area (Å²) in [7, 11) is 0. The molecule has 0 amide bonds. The van der Waals surface area contributed by atoms with E-state index in [0.717, 1.165) is 17.8 Å². The van der Waals surface area contributed by atoms with Gasteiger partial charge in [0.25, 0.3) is 0 Å². The van der Waals surface area contributed by atoms with E-state index in [0.29, 0.717) is 22.0 Å². The smallest absolute Gasteiger partial charge is 0.326 e. The Balaban J connectivity index is 2.09. The number of fused-ring (bicyclic) bond motifs is 1. The van der Waals surface area contributed by atoms with E-state index in [1.807, 2.05) is 18.4 Å². The van der Waals surface area contributed by atoms with Crippen LogP contribution in [0.1, 0.15) is 25.5 Å². The molecule has 0 bridgehead atoms. The van der Waals surface area contributed by atoms with E-state index in [1.165, 1.54) is 6.07 Å². The number of aromatic nitrogens is 2. The third kappa shape index (κ3) is 3.19. The number of halogens is 4. The van der Waals surface area contributed by atoms with E-state index in [1.54, 1.807) is 24.3 Å². The van der Waals surface area contributed by atoms with Crippen LogP contribution >= 0.6 is 11.6 Å². The van der Waals surface area contributed by atoms with Crippen molar-refractivity contribution in [3.63, 3.8) is 0 Å². The quantitative estimate of drug-likeness (QED) is 0.622. The Kier molecular flexibility index (Phi) is 4.17. The summed E-state index contributed by atoms with van der Waals surface area (Å²) in [5, 5.41) is 3.75. The Hall–Kier alpha value is -2.21. The Morgan fingerprint density at radius 3 is 2.33 bits per heavy atom. The largest absolute Gasteiger partial charge is 0.416 e. The van der Waals surface area contributed by atoms with Gasteiger partial charge in [-0.2, -0.15) is 13.2 Å². The fraction of sp³-hybridized carbons (Fsp3) is 0.235. The molecule has 3 aromatic rings. The number of nitrogens with zero attached hydrogens (tertiary/aromatic N) is 2. The first-order valence-electron chi connectivity index (χ1n) is 7.37. The van der Waals surface area contributed by atoms with E-state index < -0.39 is 11.7 Å². The predicted octanol–water partition coefficient (Wildman–Crippen LogP) is 6.03. The van der Waals surface area contributed by atoms with Crippen LogP contribution in [0.15, 0.2) is 42.5 Å². The van der Waals surface area contributed by atoms with Crippen molar-refractivity contribution in [2.45, 2.75) is 26.1 Å². The van der Waals surface area contributed by atoms with E-state index in [9.17, 15) is 13.2 Å². The fourth-order valence-electron chi connectivity index (χ4n) is 2.55. The molecular formula is C17H15ClF3N3. The molecule has 0 aliphatic rings. The topological polar surface area (TPSA) is 29.9 Å². The summed E-state index contributed by atoms with van der Waals surface area (Å²) in [5.74, 6) is 0.488. The highest BCUT2D eigenvalue weighted by Crippen LogP contribution is 2.33. The Labute approximate surface area is 142 Å². The van der Waals surface area contributed by atoms with Crippen molar-refractivity contribution >= 4 is 34.3 Å². The molecule has 7 heteroatoms. The molecule has 0 saturated carbocycles. The highest BCUT2D eigenvalue weighted by atomic mass is 35.5. The number of nitrogens with one attached hydrogen (secondary N) is 1. The maximum atomic E-state index is 12.9. The van der Waals surface area contributed by atoms with Gasteiger partial charge in [0.2, 0.25) is 5.95 Å². The highest BCUT2D eigenvalue weighted by molar-refractivity contribution is 6.30. The van der Waals surface area contributed by atoms with Gasteiger partial charge in [-0.3, -0.25) is 0 Å². The van der Waals surface area contributed by atoms with Gasteiger partial charge in [-0.25, -0.2) is 4.98 Å².